The Morgan fingerprint density at radius 2 is 2.23 bits per heavy atom. The maximum atomic E-state index is 12.2. The number of hydrogen-bond donors (Lipinski definition) is 2. The summed E-state index contributed by atoms with van der Waals surface area (Å²) in [7, 11) is 1.81. The molecule has 1 aromatic carbocycles. The van der Waals surface area contributed by atoms with Gasteiger partial charge >= 0.3 is 0 Å². The van der Waals surface area contributed by atoms with E-state index in [1.807, 2.05) is 25.2 Å². The Labute approximate surface area is 136 Å². The predicted molar refractivity (Wildman–Crippen MR) is 88.6 cm³/mol. The van der Waals surface area contributed by atoms with Crippen molar-refractivity contribution in [1.29, 1.82) is 0 Å². The molecule has 5 nitrogen and oxygen atoms in total. The maximum absolute atomic E-state index is 12.2. The monoisotopic (exact) mass is 323 g/mol. The standard InChI is InChI=1S/C16H21N3O2.ClH/c1-19-8-6-11-4-5-13(9-14(11)16(19)21)18-15(20)12-3-2-7-17-10-12;/h4-5,9,12,17H,2-3,6-8,10H2,1H3,(H,18,20);1H. The molecule has 2 aliphatic heterocycles. The van der Waals surface area contributed by atoms with E-state index in [1.165, 1.54) is 0 Å². The maximum Gasteiger partial charge on any atom is 0.253 e. The third-order valence-corrected chi connectivity index (χ3v) is 4.34. The van der Waals surface area contributed by atoms with E-state index in [-0.39, 0.29) is 30.1 Å². The second kappa shape index (κ2) is 7.11. The third kappa shape index (κ3) is 3.42. The first-order chi connectivity index (χ1) is 10.1. The van der Waals surface area contributed by atoms with Crippen LogP contribution in [-0.2, 0) is 11.2 Å². The minimum atomic E-state index is 0. The lowest BCUT2D eigenvalue weighted by Crippen LogP contribution is -2.37. The normalized spacial score (nSPS) is 20.9. The van der Waals surface area contributed by atoms with Crippen molar-refractivity contribution in [1.82, 2.24) is 10.2 Å². The topological polar surface area (TPSA) is 61.4 Å². The number of rotatable bonds is 2. The molecule has 2 N–H and O–H groups in total. The van der Waals surface area contributed by atoms with Gasteiger partial charge < -0.3 is 15.5 Å². The van der Waals surface area contributed by atoms with Crippen LogP contribution < -0.4 is 10.6 Å². The van der Waals surface area contributed by atoms with Gasteiger partial charge in [0.05, 0.1) is 5.92 Å². The summed E-state index contributed by atoms with van der Waals surface area (Å²) < 4.78 is 0. The average Bonchev–Trinajstić information content (AvgIpc) is 2.52. The van der Waals surface area contributed by atoms with Gasteiger partial charge in [0.1, 0.15) is 0 Å². The zero-order valence-corrected chi connectivity index (χ0v) is 13.5. The summed E-state index contributed by atoms with van der Waals surface area (Å²) in [6.07, 6.45) is 2.83. The van der Waals surface area contributed by atoms with Crippen LogP contribution in [0.25, 0.3) is 0 Å². The number of piperidine rings is 1. The fourth-order valence-electron chi connectivity index (χ4n) is 2.99. The molecule has 1 saturated heterocycles. The van der Waals surface area contributed by atoms with Gasteiger partial charge in [-0.1, -0.05) is 6.07 Å². The number of nitrogens with zero attached hydrogens (tertiary/aromatic N) is 1. The minimum absolute atomic E-state index is 0. The van der Waals surface area contributed by atoms with Crippen LogP contribution >= 0.6 is 12.4 Å². The summed E-state index contributed by atoms with van der Waals surface area (Å²) in [5.41, 5.74) is 2.49. The van der Waals surface area contributed by atoms with Gasteiger partial charge in [-0.15, -0.1) is 12.4 Å². The summed E-state index contributed by atoms with van der Waals surface area (Å²) in [6, 6.07) is 5.65. The summed E-state index contributed by atoms with van der Waals surface area (Å²) in [4.78, 5) is 26.1. The van der Waals surface area contributed by atoms with Crippen molar-refractivity contribution < 1.29 is 9.59 Å². The molecule has 6 heteroatoms. The lowest BCUT2D eigenvalue weighted by Gasteiger charge is -2.26. The minimum Gasteiger partial charge on any atom is -0.341 e. The van der Waals surface area contributed by atoms with Crippen molar-refractivity contribution in [3.63, 3.8) is 0 Å². The van der Waals surface area contributed by atoms with Gasteiger partial charge in [-0.25, -0.2) is 0 Å². The second-order valence-corrected chi connectivity index (χ2v) is 5.88. The van der Waals surface area contributed by atoms with E-state index in [4.69, 9.17) is 0 Å². The van der Waals surface area contributed by atoms with Crippen LogP contribution in [0, 0.1) is 5.92 Å². The number of likely N-dealkylation sites (N-methyl/N-ethyl adjacent to an activating group) is 1. The van der Waals surface area contributed by atoms with Crippen LogP contribution in [0.2, 0.25) is 0 Å². The number of halogens is 1. The molecule has 1 aromatic rings. The van der Waals surface area contributed by atoms with Gasteiger partial charge in [0, 0.05) is 31.4 Å². The van der Waals surface area contributed by atoms with Crippen molar-refractivity contribution in [2.75, 3.05) is 32.0 Å². The molecule has 1 atom stereocenters. The lowest BCUT2D eigenvalue weighted by atomic mass is 9.97. The highest BCUT2D eigenvalue weighted by molar-refractivity contribution is 5.99. The Bertz CT molecular complexity index is 571. The predicted octanol–water partition coefficient (Wildman–Crippen LogP) is 1.67. The molecule has 22 heavy (non-hydrogen) atoms. The van der Waals surface area contributed by atoms with Crippen LogP contribution in [0.1, 0.15) is 28.8 Å². The molecule has 0 saturated carbocycles. The van der Waals surface area contributed by atoms with Crippen molar-refractivity contribution in [3.8, 4) is 0 Å². The van der Waals surface area contributed by atoms with Gasteiger partial charge in [-0.2, -0.15) is 0 Å². The van der Waals surface area contributed by atoms with E-state index < -0.39 is 0 Å². The van der Waals surface area contributed by atoms with Crippen molar-refractivity contribution in [2.45, 2.75) is 19.3 Å². The molecule has 0 radical (unpaired) electrons. The quantitative estimate of drug-likeness (QED) is 0.870. The molecule has 0 aromatic heterocycles. The number of anilines is 1. The van der Waals surface area contributed by atoms with E-state index in [1.54, 1.807) is 4.90 Å². The third-order valence-electron chi connectivity index (χ3n) is 4.34. The van der Waals surface area contributed by atoms with Crippen LogP contribution in [0.3, 0.4) is 0 Å². The molecule has 3 rings (SSSR count). The van der Waals surface area contributed by atoms with Gasteiger partial charge in [0.2, 0.25) is 5.91 Å². The van der Waals surface area contributed by atoms with Crippen molar-refractivity contribution >= 4 is 29.9 Å². The molecule has 0 bridgehead atoms. The largest absolute Gasteiger partial charge is 0.341 e. The molecule has 0 spiro atoms. The van der Waals surface area contributed by atoms with Crippen molar-refractivity contribution in [3.05, 3.63) is 29.3 Å². The molecule has 120 valence electrons. The van der Waals surface area contributed by atoms with E-state index in [2.05, 4.69) is 10.6 Å². The molecular weight excluding hydrogens is 302 g/mol. The fourth-order valence-corrected chi connectivity index (χ4v) is 2.99. The zero-order valence-electron chi connectivity index (χ0n) is 12.7. The molecule has 1 fully saturated rings. The van der Waals surface area contributed by atoms with Crippen LogP contribution in [0.4, 0.5) is 5.69 Å². The number of nitrogens with one attached hydrogen (secondary N) is 2. The van der Waals surface area contributed by atoms with Gasteiger partial charge in [0.15, 0.2) is 0 Å². The van der Waals surface area contributed by atoms with Crippen LogP contribution in [-0.4, -0.2) is 43.4 Å². The summed E-state index contributed by atoms with van der Waals surface area (Å²) >= 11 is 0. The molecule has 1 unspecified atom stereocenters. The summed E-state index contributed by atoms with van der Waals surface area (Å²) in [6.45, 7) is 2.48. The van der Waals surface area contributed by atoms with E-state index in [0.29, 0.717) is 11.3 Å². The Morgan fingerprint density at radius 1 is 1.41 bits per heavy atom. The molecular formula is C16H22ClN3O2. The Balaban J connectivity index is 0.00000176. The lowest BCUT2D eigenvalue weighted by molar-refractivity contribution is -0.120. The first-order valence-corrected chi connectivity index (χ1v) is 7.55. The van der Waals surface area contributed by atoms with Gasteiger partial charge in [-0.05, 0) is 43.5 Å². The molecule has 2 aliphatic rings. The molecule has 2 heterocycles. The Kier molecular flexibility index (Phi) is 5.42. The van der Waals surface area contributed by atoms with Gasteiger partial charge in [0.25, 0.3) is 5.91 Å². The van der Waals surface area contributed by atoms with E-state index in [9.17, 15) is 9.59 Å². The number of carbonyl (C=O) groups excluding carboxylic acids is 2. The van der Waals surface area contributed by atoms with Crippen LogP contribution in [0.15, 0.2) is 18.2 Å². The highest BCUT2D eigenvalue weighted by Gasteiger charge is 2.24. The van der Waals surface area contributed by atoms with Gasteiger partial charge in [-0.3, -0.25) is 9.59 Å². The zero-order chi connectivity index (χ0) is 14.8. The first-order valence-electron chi connectivity index (χ1n) is 7.55. The van der Waals surface area contributed by atoms with E-state index in [0.717, 1.165) is 44.5 Å². The summed E-state index contributed by atoms with van der Waals surface area (Å²) in [5.74, 6) is 0.0959. The van der Waals surface area contributed by atoms with E-state index >= 15 is 0 Å². The molecule has 2 amide bonds. The highest BCUT2D eigenvalue weighted by atomic mass is 35.5. The highest BCUT2D eigenvalue weighted by Crippen LogP contribution is 2.23. The van der Waals surface area contributed by atoms with Crippen molar-refractivity contribution in [2.24, 2.45) is 5.92 Å². The SMILES string of the molecule is CN1CCc2ccc(NC(=O)C3CCCNC3)cc2C1=O.Cl. The fraction of sp³-hybridized carbons (Fsp3) is 0.500. The number of carbonyl (C=O) groups is 2. The average molecular weight is 324 g/mol. The van der Waals surface area contributed by atoms with Crippen LogP contribution in [0.5, 0.6) is 0 Å². The first kappa shape index (κ1) is 16.8. The Morgan fingerprint density at radius 3 is 2.95 bits per heavy atom. The Hall–Kier alpha value is -1.59. The number of amides is 2. The second-order valence-electron chi connectivity index (χ2n) is 5.88. The smallest absolute Gasteiger partial charge is 0.253 e. The number of benzene rings is 1. The molecule has 0 aliphatic carbocycles. The summed E-state index contributed by atoms with van der Waals surface area (Å²) in [5, 5.41) is 6.19. The number of hydrogen-bond acceptors (Lipinski definition) is 3. The number of fused-ring (bicyclic) bond motifs is 1.